The molecule has 8 heteroatoms. The summed E-state index contributed by atoms with van der Waals surface area (Å²) in [6, 6.07) is 11.4. The van der Waals surface area contributed by atoms with E-state index in [1.807, 2.05) is 30.3 Å². The highest BCUT2D eigenvalue weighted by atomic mass is 32.2. The van der Waals surface area contributed by atoms with Gasteiger partial charge in [-0.3, -0.25) is 9.59 Å². The molecule has 118 valence electrons. The first-order chi connectivity index (χ1) is 11.0. The van der Waals surface area contributed by atoms with Crippen LogP contribution in [0.3, 0.4) is 0 Å². The van der Waals surface area contributed by atoms with E-state index in [1.54, 1.807) is 6.07 Å². The highest BCUT2D eigenvalue weighted by Crippen LogP contribution is 2.32. The lowest BCUT2D eigenvalue weighted by atomic mass is 10.2. The molecule has 0 aliphatic heterocycles. The Hall–Kier alpha value is -2.32. The molecule has 1 unspecified atom stereocenters. The summed E-state index contributed by atoms with van der Waals surface area (Å²) < 4.78 is 0.911. The third-order valence-corrected chi connectivity index (χ3v) is 5.39. The zero-order valence-electron chi connectivity index (χ0n) is 12.1. The van der Waals surface area contributed by atoms with Crippen LogP contribution in [0.15, 0.2) is 46.3 Å². The fourth-order valence-electron chi connectivity index (χ4n) is 2.01. The number of carbonyl (C=O) groups is 1. The molecule has 0 spiro atoms. The molecule has 6 nitrogen and oxygen atoms in total. The summed E-state index contributed by atoms with van der Waals surface area (Å²) in [6.45, 7) is 1.52. The standard InChI is InChI=1S/C15H13N3O3S2/c1-8(14(20)21)22-15-17-12-10(13(19)18(15)16)7-11(23-12)9-5-3-2-4-6-9/h2-8H,16H2,1H3,(H,20,21). The lowest BCUT2D eigenvalue weighted by Crippen LogP contribution is -2.30. The zero-order chi connectivity index (χ0) is 16.6. The van der Waals surface area contributed by atoms with Gasteiger partial charge in [0.1, 0.15) is 10.1 Å². The highest BCUT2D eigenvalue weighted by molar-refractivity contribution is 8.00. The summed E-state index contributed by atoms with van der Waals surface area (Å²) in [4.78, 5) is 29.2. The van der Waals surface area contributed by atoms with Gasteiger partial charge in [0.25, 0.3) is 5.56 Å². The molecule has 0 radical (unpaired) electrons. The minimum absolute atomic E-state index is 0.193. The second kappa shape index (κ2) is 6.05. The summed E-state index contributed by atoms with van der Waals surface area (Å²) in [5.74, 6) is 4.79. The smallest absolute Gasteiger partial charge is 0.316 e. The number of aromatic nitrogens is 2. The lowest BCUT2D eigenvalue weighted by molar-refractivity contribution is -0.136. The molecule has 3 N–H and O–H groups in total. The minimum atomic E-state index is -0.986. The van der Waals surface area contributed by atoms with Crippen LogP contribution in [-0.4, -0.2) is 26.0 Å². The Kier molecular flexibility index (Phi) is 4.10. The van der Waals surface area contributed by atoms with Crippen molar-refractivity contribution in [3.05, 3.63) is 46.8 Å². The number of benzene rings is 1. The second-order valence-electron chi connectivity index (χ2n) is 4.86. The molecule has 0 saturated carbocycles. The van der Waals surface area contributed by atoms with Gasteiger partial charge in [-0.25, -0.2) is 9.66 Å². The summed E-state index contributed by atoms with van der Waals surface area (Å²) in [6.07, 6.45) is 0. The summed E-state index contributed by atoms with van der Waals surface area (Å²) in [7, 11) is 0. The Balaban J connectivity index is 2.11. The van der Waals surface area contributed by atoms with Crippen LogP contribution in [0.1, 0.15) is 6.92 Å². The number of thiophene rings is 1. The van der Waals surface area contributed by atoms with Gasteiger partial charge in [0, 0.05) is 4.88 Å². The van der Waals surface area contributed by atoms with Crippen molar-refractivity contribution in [1.29, 1.82) is 0 Å². The molecule has 0 amide bonds. The monoisotopic (exact) mass is 347 g/mol. The van der Waals surface area contributed by atoms with E-state index in [9.17, 15) is 9.59 Å². The van der Waals surface area contributed by atoms with Crippen molar-refractivity contribution in [2.24, 2.45) is 0 Å². The molecule has 3 rings (SSSR count). The van der Waals surface area contributed by atoms with E-state index in [2.05, 4.69) is 4.98 Å². The Morgan fingerprint density at radius 2 is 2.09 bits per heavy atom. The van der Waals surface area contributed by atoms with Crippen molar-refractivity contribution in [1.82, 2.24) is 9.66 Å². The minimum Gasteiger partial charge on any atom is -0.480 e. The fraction of sp³-hybridized carbons (Fsp3) is 0.133. The molecule has 1 aromatic carbocycles. The van der Waals surface area contributed by atoms with E-state index in [0.717, 1.165) is 26.9 Å². The zero-order valence-corrected chi connectivity index (χ0v) is 13.7. The maximum Gasteiger partial charge on any atom is 0.316 e. The third kappa shape index (κ3) is 2.95. The average molecular weight is 347 g/mol. The molecule has 2 heterocycles. The van der Waals surface area contributed by atoms with Crippen LogP contribution < -0.4 is 11.4 Å². The van der Waals surface area contributed by atoms with E-state index < -0.39 is 11.2 Å². The van der Waals surface area contributed by atoms with Gasteiger partial charge in [0.2, 0.25) is 0 Å². The van der Waals surface area contributed by atoms with Crippen LogP contribution in [0.5, 0.6) is 0 Å². The van der Waals surface area contributed by atoms with Crippen LogP contribution in [0, 0.1) is 0 Å². The van der Waals surface area contributed by atoms with Crippen LogP contribution in [0.4, 0.5) is 0 Å². The van der Waals surface area contributed by atoms with Crippen molar-refractivity contribution in [3.8, 4) is 10.4 Å². The number of thioether (sulfide) groups is 1. The molecule has 3 aromatic rings. The molecule has 0 saturated heterocycles. The second-order valence-corrected chi connectivity index (χ2v) is 7.20. The first-order valence-electron chi connectivity index (χ1n) is 6.74. The topological polar surface area (TPSA) is 98.2 Å². The first-order valence-corrected chi connectivity index (χ1v) is 8.43. The number of carboxylic acid groups (broad SMARTS) is 1. The van der Waals surface area contributed by atoms with Crippen LogP contribution in [0.2, 0.25) is 0 Å². The van der Waals surface area contributed by atoms with E-state index >= 15 is 0 Å². The number of aliphatic carboxylic acids is 1. The Morgan fingerprint density at radius 1 is 1.39 bits per heavy atom. The van der Waals surface area contributed by atoms with Gasteiger partial charge in [-0.05, 0) is 18.6 Å². The van der Waals surface area contributed by atoms with Crippen molar-refractivity contribution in [3.63, 3.8) is 0 Å². The Bertz CT molecular complexity index is 934. The van der Waals surface area contributed by atoms with E-state index in [1.165, 1.54) is 18.3 Å². The number of nitrogens with two attached hydrogens (primary N) is 1. The molecule has 0 aliphatic carbocycles. The number of hydrogen-bond donors (Lipinski definition) is 2. The Labute approximate surface area is 139 Å². The maximum atomic E-state index is 12.4. The van der Waals surface area contributed by atoms with Crippen molar-refractivity contribution >= 4 is 39.3 Å². The summed E-state index contributed by atoms with van der Waals surface area (Å²) in [5.41, 5.74) is 0.611. The van der Waals surface area contributed by atoms with Crippen LogP contribution in [-0.2, 0) is 4.79 Å². The number of hydrogen-bond acceptors (Lipinski definition) is 6. The molecule has 23 heavy (non-hydrogen) atoms. The summed E-state index contributed by atoms with van der Waals surface area (Å²) >= 11 is 2.33. The predicted octanol–water partition coefficient (Wildman–Crippen LogP) is 2.40. The molecule has 0 aliphatic rings. The lowest BCUT2D eigenvalue weighted by Gasteiger charge is -2.08. The van der Waals surface area contributed by atoms with Gasteiger partial charge in [-0.15, -0.1) is 11.3 Å². The Morgan fingerprint density at radius 3 is 2.74 bits per heavy atom. The van der Waals surface area contributed by atoms with Gasteiger partial charge in [0.15, 0.2) is 5.16 Å². The first kappa shape index (κ1) is 15.6. The van der Waals surface area contributed by atoms with Crippen LogP contribution in [0.25, 0.3) is 20.7 Å². The molecule has 0 fully saturated rings. The maximum absolute atomic E-state index is 12.4. The largest absolute Gasteiger partial charge is 0.480 e. The van der Waals surface area contributed by atoms with E-state index in [4.69, 9.17) is 10.9 Å². The number of nitrogen functional groups attached to an aromatic ring is 1. The van der Waals surface area contributed by atoms with Crippen molar-refractivity contribution in [2.45, 2.75) is 17.3 Å². The number of carboxylic acids is 1. The number of nitrogens with zero attached hydrogens (tertiary/aromatic N) is 2. The van der Waals surface area contributed by atoms with Crippen molar-refractivity contribution < 1.29 is 9.90 Å². The van der Waals surface area contributed by atoms with Crippen molar-refractivity contribution in [2.75, 3.05) is 5.84 Å². The highest BCUT2D eigenvalue weighted by Gasteiger charge is 2.19. The quantitative estimate of drug-likeness (QED) is 0.427. The molecular weight excluding hydrogens is 334 g/mol. The predicted molar refractivity (Wildman–Crippen MR) is 92.4 cm³/mol. The average Bonchev–Trinajstić information content (AvgIpc) is 2.97. The van der Waals surface area contributed by atoms with Gasteiger partial charge in [-0.1, -0.05) is 42.1 Å². The molecular formula is C15H13N3O3S2. The SMILES string of the molecule is CC(Sc1nc2sc(-c3ccccc3)cc2c(=O)n1N)C(=O)O. The summed E-state index contributed by atoms with van der Waals surface area (Å²) in [5, 5.41) is 8.88. The molecule has 0 bridgehead atoms. The fourth-order valence-corrected chi connectivity index (χ4v) is 3.85. The van der Waals surface area contributed by atoms with Gasteiger partial charge >= 0.3 is 5.97 Å². The molecule has 2 aromatic heterocycles. The van der Waals surface area contributed by atoms with E-state index in [0.29, 0.717) is 10.2 Å². The van der Waals surface area contributed by atoms with E-state index in [-0.39, 0.29) is 10.7 Å². The third-order valence-electron chi connectivity index (χ3n) is 3.25. The van der Waals surface area contributed by atoms with Gasteiger partial charge in [0.05, 0.1) is 5.39 Å². The number of rotatable bonds is 4. The number of fused-ring (bicyclic) bond motifs is 1. The van der Waals surface area contributed by atoms with Gasteiger partial charge < -0.3 is 10.9 Å². The molecule has 1 atom stereocenters. The normalized spacial score (nSPS) is 12.4. The van der Waals surface area contributed by atoms with Crippen LogP contribution >= 0.6 is 23.1 Å². The van der Waals surface area contributed by atoms with Gasteiger partial charge in [-0.2, -0.15) is 0 Å².